The zero-order chi connectivity index (χ0) is 17.9. The molecular formula is C21H42O2Si. The van der Waals surface area contributed by atoms with E-state index in [1.54, 1.807) is 0 Å². The van der Waals surface area contributed by atoms with Gasteiger partial charge in [0.1, 0.15) is 8.07 Å². The number of rotatable bonds is 16. The van der Waals surface area contributed by atoms with E-state index >= 15 is 0 Å². The molecule has 0 heterocycles. The third kappa shape index (κ3) is 21.7. The molecule has 0 aliphatic rings. The second-order valence-corrected chi connectivity index (χ2v) is 12.6. The van der Waals surface area contributed by atoms with Crippen molar-refractivity contribution in [2.75, 3.05) is 19.8 Å². The van der Waals surface area contributed by atoms with E-state index in [9.17, 15) is 0 Å². The highest BCUT2D eigenvalue weighted by atomic mass is 28.3. The van der Waals surface area contributed by atoms with Crippen molar-refractivity contribution in [2.24, 2.45) is 0 Å². The highest BCUT2D eigenvalue weighted by molar-refractivity contribution is 6.83. The van der Waals surface area contributed by atoms with E-state index < -0.39 is 8.07 Å². The number of aliphatic hydroxyl groups is 1. The molecule has 0 aliphatic heterocycles. The van der Waals surface area contributed by atoms with Gasteiger partial charge >= 0.3 is 0 Å². The summed E-state index contributed by atoms with van der Waals surface area (Å²) in [6.07, 6.45) is 16.7. The van der Waals surface area contributed by atoms with Crippen LogP contribution in [0, 0.1) is 11.5 Å². The van der Waals surface area contributed by atoms with Crippen molar-refractivity contribution in [1.29, 1.82) is 0 Å². The summed E-state index contributed by atoms with van der Waals surface area (Å²) in [5.41, 5.74) is 3.45. The Bertz CT molecular complexity index is 312. The summed E-state index contributed by atoms with van der Waals surface area (Å²) >= 11 is 0. The average Bonchev–Trinajstić information content (AvgIpc) is 2.52. The molecule has 1 N–H and O–H groups in total. The molecule has 0 fully saturated rings. The minimum Gasteiger partial charge on any atom is -0.396 e. The molecule has 0 saturated carbocycles. The second-order valence-electron chi connectivity index (χ2n) is 7.88. The fraction of sp³-hybridized carbons (Fsp3) is 0.905. The van der Waals surface area contributed by atoms with Gasteiger partial charge in [-0.2, -0.15) is 0 Å². The summed E-state index contributed by atoms with van der Waals surface area (Å²) < 4.78 is 5.43. The topological polar surface area (TPSA) is 29.5 Å². The lowest BCUT2D eigenvalue weighted by molar-refractivity contribution is 0.112. The first-order chi connectivity index (χ1) is 11.6. The molecule has 0 bridgehead atoms. The van der Waals surface area contributed by atoms with Crippen LogP contribution in [0.2, 0.25) is 19.6 Å². The standard InChI is InChI=1S/C21H42O2Si/c1-24(2,3)21-16-14-12-10-8-6-4-5-7-9-11-13-15-19-23-20-17-18-22/h22H,4-15,17-20H2,1-3H3. The number of ether oxygens (including phenoxy) is 1. The molecule has 0 atom stereocenters. The molecule has 24 heavy (non-hydrogen) atoms. The summed E-state index contributed by atoms with van der Waals surface area (Å²) in [7, 11) is -1.15. The second kappa shape index (κ2) is 17.5. The number of unbranched alkanes of at least 4 members (excludes halogenated alkanes) is 11. The van der Waals surface area contributed by atoms with Crippen molar-refractivity contribution in [2.45, 2.75) is 103 Å². The first-order valence-electron chi connectivity index (χ1n) is 10.2. The van der Waals surface area contributed by atoms with Gasteiger partial charge in [-0.1, -0.05) is 77.4 Å². The number of hydrogen-bond donors (Lipinski definition) is 1. The van der Waals surface area contributed by atoms with Crippen LogP contribution < -0.4 is 0 Å². The molecule has 0 aliphatic carbocycles. The van der Waals surface area contributed by atoms with Crippen molar-refractivity contribution >= 4 is 8.07 Å². The summed E-state index contributed by atoms with van der Waals surface area (Å²) in [6, 6.07) is 0. The van der Waals surface area contributed by atoms with Crippen LogP contribution in [0.1, 0.15) is 83.5 Å². The molecule has 0 aromatic heterocycles. The van der Waals surface area contributed by atoms with Gasteiger partial charge in [0.25, 0.3) is 0 Å². The molecule has 0 radical (unpaired) electrons. The zero-order valence-electron chi connectivity index (χ0n) is 16.7. The van der Waals surface area contributed by atoms with Gasteiger partial charge in [0, 0.05) is 26.2 Å². The molecule has 0 spiro atoms. The quantitative estimate of drug-likeness (QED) is 0.211. The lowest BCUT2D eigenvalue weighted by atomic mass is 10.1. The van der Waals surface area contributed by atoms with Gasteiger partial charge in [-0.05, 0) is 19.3 Å². The zero-order valence-corrected chi connectivity index (χ0v) is 17.7. The predicted octanol–water partition coefficient (Wildman–Crippen LogP) is 5.95. The maximum absolute atomic E-state index is 8.63. The average molecular weight is 355 g/mol. The minimum absolute atomic E-state index is 0.243. The van der Waals surface area contributed by atoms with Crippen molar-refractivity contribution in [1.82, 2.24) is 0 Å². The highest BCUT2D eigenvalue weighted by Gasteiger charge is 2.06. The fourth-order valence-electron chi connectivity index (χ4n) is 2.60. The SMILES string of the molecule is C[Si](C)(C)C#CCCCCCCCCCCCCCOCCCO. The highest BCUT2D eigenvalue weighted by Crippen LogP contribution is 2.12. The van der Waals surface area contributed by atoms with Crippen molar-refractivity contribution in [3.8, 4) is 11.5 Å². The van der Waals surface area contributed by atoms with Gasteiger partial charge < -0.3 is 9.84 Å². The Morgan fingerprint density at radius 1 is 0.667 bits per heavy atom. The van der Waals surface area contributed by atoms with E-state index in [4.69, 9.17) is 9.84 Å². The van der Waals surface area contributed by atoms with Gasteiger partial charge in [-0.15, -0.1) is 11.5 Å². The molecule has 0 aromatic carbocycles. The van der Waals surface area contributed by atoms with E-state index in [-0.39, 0.29) is 6.61 Å². The lowest BCUT2D eigenvalue weighted by Crippen LogP contribution is -2.16. The van der Waals surface area contributed by atoms with Crippen LogP contribution in [0.15, 0.2) is 0 Å². The Morgan fingerprint density at radius 3 is 1.62 bits per heavy atom. The Balaban J connectivity index is 3.09. The molecule has 0 amide bonds. The fourth-order valence-corrected chi connectivity index (χ4v) is 3.26. The van der Waals surface area contributed by atoms with Crippen LogP contribution in [-0.4, -0.2) is 33.0 Å². The predicted molar refractivity (Wildman–Crippen MR) is 109 cm³/mol. The van der Waals surface area contributed by atoms with E-state index in [0.29, 0.717) is 6.61 Å². The van der Waals surface area contributed by atoms with Crippen molar-refractivity contribution in [3.05, 3.63) is 0 Å². The van der Waals surface area contributed by atoms with Crippen LogP contribution in [0.25, 0.3) is 0 Å². The summed E-state index contributed by atoms with van der Waals surface area (Å²) in [4.78, 5) is 0. The van der Waals surface area contributed by atoms with E-state index in [0.717, 1.165) is 19.4 Å². The van der Waals surface area contributed by atoms with Crippen molar-refractivity contribution in [3.63, 3.8) is 0 Å². The van der Waals surface area contributed by atoms with E-state index in [1.807, 2.05) is 0 Å². The Labute approximate surface area is 152 Å². The first-order valence-corrected chi connectivity index (χ1v) is 13.7. The molecule has 142 valence electrons. The Hall–Kier alpha value is -0.303. The van der Waals surface area contributed by atoms with Gasteiger partial charge in [0.05, 0.1) is 0 Å². The largest absolute Gasteiger partial charge is 0.396 e. The minimum atomic E-state index is -1.15. The van der Waals surface area contributed by atoms with Gasteiger partial charge in [-0.25, -0.2) is 0 Å². The smallest absolute Gasteiger partial charge is 0.129 e. The maximum atomic E-state index is 8.63. The van der Waals surface area contributed by atoms with Crippen LogP contribution in [0.3, 0.4) is 0 Å². The van der Waals surface area contributed by atoms with E-state index in [2.05, 4.69) is 31.1 Å². The molecule has 0 aromatic rings. The molecule has 0 unspecified atom stereocenters. The molecule has 0 rings (SSSR count). The first kappa shape index (κ1) is 23.7. The molecule has 0 saturated heterocycles. The maximum Gasteiger partial charge on any atom is 0.129 e. The Kier molecular flexibility index (Phi) is 17.3. The summed E-state index contributed by atoms with van der Waals surface area (Å²) in [6.45, 7) is 8.75. The van der Waals surface area contributed by atoms with Gasteiger partial charge in [-0.3, -0.25) is 0 Å². The number of hydrogen-bond acceptors (Lipinski definition) is 2. The Morgan fingerprint density at radius 2 is 1.12 bits per heavy atom. The third-order valence-electron chi connectivity index (χ3n) is 4.00. The summed E-state index contributed by atoms with van der Waals surface area (Å²) in [5.74, 6) is 3.37. The van der Waals surface area contributed by atoms with Crippen molar-refractivity contribution < 1.29 is 9.84 Å². The van der Waals surface area contributed by atoms with Crippen LogP contribution in [0.5, 0.6) is 0 Å². The third-order valence-corrected chi connectivity index (χ3v) is 4.93. The van der Waals surface area contributed by atoms with E-state index in [1.165, 1.54) is 70.6 Å². The molecule has 2 nitrogen and oxygen atoms in total. The van der Waals surface area contributed by atoms with Crippen LogP contribution in [0.4, 0.5) is 0 Å². The lowest BCUT2D eigenvalue weighted by Gasteiger charge is -2.04. The van der Waals surface area contributed by atoms with Crippen LogP contribution >= 0.6 is 0 Å². The summed E-state index contributed by atoms with van der Waals surface area (Å²) in [5, 5.41) is 8.63. The normalized spacial score (nSPS) is 11.3. The van der Waals surface area contributed by atoms with Gasteiger partial charge in [0.2, 0.25) is 0 Å². The molecular weight excluding hydrogens is 312 g/mol. The van der Waals surface area contributed by atoms with Crippen LogP contribution in [-0.2, 0) is 4.74 Å². The molecule has 3 heteroatoms. The number of aliphatic hydroxyl groups excluding tert-OH is 1. The monoisotopic (exact) mass is 354 g/mol. The van der Waals surface area contributed by atoms with Gasteiger partial charge in [0.15, 0.2) is 0 Å².